The molecule has 1 unspecified atom stereocenters. The number of rotatable bonds is 10. The average molecular weight is 1240 g/mol. The molecule has 0 saturated carbocycles. The van der Waals surface area contributed by atoms with Crippen molar-refractivity contribution in [1.29, 1.82) is 0 Å². The molecule has 4 aromatic rings. The van der Waals surface area contributed by atoms with E-state index >= 15 is 4.79 Å². The van der Waals surface area contributed by atoms with Gasteiger partial charge < -0.3 is 54.3 Å². The minimum absolute atomic E-state index is 0.0114. The van der Waals surface area contributed by atoms with Crippen molar-refractivity contribution in [2.45, 2.75) is 147 Å². The number of anilines is 1. The Kier molecular flexibility index (Phi) is 24.4. The van der Waals surface area contributed by atoms with Crippen LogP contribution in [0, 0.1) is 11.3 Å². The summed E-state index contributed by atoms with van der Waals surface area (Å²) in [5, 5.41) is 15.9. The maximum atomic E-state index is 15.0. The largest absolute Gasteiger partial charge is 0.508 e. The van der Waals surface area contributed by atoms with E-state index in [0.717, 1.165) is 5.56 Å². The molecule has 6 amide bonds. The molecule has 6 atom stereocenters. The van der Waals surface area contributed by atoms with E-state index in [1.165, 1.54) is 79.0 Å². The number of ketones is 2. The van der Waals surface area contributed by atoms with Crippen LogP contribution in [0.4, 0.5) is 5.69 Å². The van der Waals surface area contributed by atoms with Gasteiger partial charge >= 0.3 is 11.9 Å². The lowest BCUT2D eigenvalue weighted by Gasteiger charge is -2.36. The van der Waals surface area contributed by atoms with E-state index in [4.69, 9.17) is 18.9 Å². The van der Waals surface area contributed by atoms with Crippen molar-refractivity contribution in [2.75, 3.05) is 59.9 Å². The van der Waals surface area contributed by atoms with Crippen molar-refractivity contribution >= 4 is 64.6 Å². The van der Waals surface area contributed by atoms with Crippen LogP contribution in [0.2, 0.25) is 0 Å². The highest BCUT2D eigenvalue weighted by atomic mass is 16.5. The van der Waals surface area contributed by atoms with Crippen molar-refractivity contribution in [3.8, 4) is 17.2 Å². The summed E-state index contributed by atoms with van der Waals surface area (Å²) in [4.78, 5) is 148. The number of ether oxygens (including phenoxy) is 4. The molecule has 0 aromatic heterocycles. The number of methoxy groups -OCH3 is 2. The molecule has 7 rings (SSSR count). The predicted octanol–water partition coefficient (Wildman–Crippen LogP) is 7.62. The molecule has 90 heavy (non-hydrogen) atoms. The highest BCUT2D eigenvalue weighted by Gasteiger charge is 2.44. The van der Waals surface area contributed by atoms with Crippen LogP contribution in [0.1, 0.15) is 133 Å². The standard InChI is InChI=1S/C69H86N6O15/c1-44(2)38-56-65(83)72(5)35-14-13-24-61(79)89-43-69(3,4)62(80)67(85)75-36-15-12-22-55(75)68(86)90-57(32-27-46-28-33-58(87-7)59(40-46)88-8)48-20-16-21-49(41-48)70-60(78)34-31-51(77)42-52(47-18-10-9-11-19-47)63(81)71-53(39-45-25-29-50(76)30-26-45)64(82)74-37-17-23-54(74)66(84)73(56)6/h9-11,13,16,18-21,24-26,28-30,33,40-41,44,52-57,76H,12,14-15,17,22-23,27,31-32,34-39,42-43H2,1-8H3,(H,70,78)(H,71,81)/t52?,53-,54+,55-,56-,57+/m0/s1. The topological polar surface area (TPSA) is 265 Å². The molecule has 0 aliphatic carbocycles. The van der Waals surface area contributed by atoms with Gasteiger partial charge in [-0.15, -0.1) is 0 Å². The summed E-state index contributed by atoms with van der Waals surface area (Å²) < 4.78 is 22.8. The highest BCUT2D eigenvalue weighted by molar-refractivity contribution is 6.38. The third kappa shape index (κ3) is 18.4. The first-order chi connectivity index (χ1) is 43.0. The fourth-order valence-electron chi connectivity index (χ4n) is 11.6. The van der Waals surface area contributed by atoms with E-state index < -0.39 is 101 Å². The number of carbonyl (C=O) groups excluding carboxylic acids is 10. The summed E-state index contributed by atoms with van der Waals surface area (Å²) in [6.45, 7) is 6.74. The Morgan fingerprint density at radius 3 is 2.11 bits per heavy atom. The van der Waals surface area contributed by atoms with Crippen LogP contribution in [0.5, 0.6) is 17.2 Å². The zero-order valence-electron chi connectivity index (χ0n) is 52.9. The van der Waals surface area contributed by atoms with Gasteiger partial charge in [-0.25, -0.2) is 9.59 Å². The molecule has 21 heteroatoms. The fourth-order valence-corrected chi connectivity index (χ4v) is 11.6. The highest BCUT2D eigenvalue weighted by Crippen LogP contribution is 2.34. The second-order valence-electron chi connectivity index (χ2n) is 24.5. The summed E-state index contributed by atoms with van der Waals surface area (Å²) in [5.74, 6) is -6.47. The number of amides is 6. The summed E-state index contributed by atoms with van der Waals surface area (Å²) in [5.41, 5.74) is 1.21. The minimum Gasteiger partial charge on any atom is -0.508 e. The number of nitrogens with one attached hydrogen (secondary N) is 2. The van der Waals surface area contributed by atoms with Crippen molar-refractivity contribution < 1.29 is 72.0 Å². The zero-order chi connectivity index (χ0) is 65.2. The first-order valence-electron chi connectivity index (χ1n) is 30.9. The number of nitrogens with zero attached hydrogens (tertiary/aromatic N) is 4. The van der Waals surface area contributed by atoms with Crippen LogP contribution in [0.15, 0.2) is 109 Å². The molecular formula is C69H86N6O15. The van der Waals surface area contributed by atoms with Crippen molar-refractivity contribution in [3.05, 3.63) is 131 Å². The maximum Gasteiger partial charge on any atom is 0.330 e. The van der Waals surface area contributed by atoms with Gasteiger partial charge in [0.15, 0.2) is 11.5 Å². The molecule has 3 aliphatic heterocycles. The van der Waals surface area contributed by atoms with Crippen LogP contribution in [-0.4, -0.2) is 162 Å². The number of Topliss-reactive ketones (excluding diaryl/α,β-unsaturated/α-hetero) is 2. The van der Waals surface area contributed by atoms with Gasteiger partial charge in [0.2, 0.25) is 35.3 Å². The minimum atomic E-state index is -1.51. The van der Waals surface area contributed by atoms with E-state index in [9.17, 15) is 48.3 Å². The molecule has 3 aliphatic rings. The Morgan fingerprint density at radius 2 is 1.40 bits per heavy atom. The SMILES string of the molecule is COc1ccc(CC[C@H]2OC(=O)[C@@H]3CCCCN3C(=O)C(=O)C(C)(C)COC(=O)C=CCCN(C)C(=O)[C@H](CC(C)C)N(C)C(=O)[C@H]3CCCN3C(=O)[C@H](Cc3ccc(O)cc3)NC(=O)C(c3ccccc3)CC(=O)CCC(=O)Nc3cccc2c3)cc1OC. The summed E-state index contributed by atoms with van der Waals surface area (Å²) >= 11 is 0. The number of phenolic OH excluding ortho intramolecular Hbond substituents is 1. The number of likely N-dealkylation sites (N-methyl/N-ethyl adjacent to an activating group) is 2. The molecule has 3 N–H and O–H groups in total. The average Bonchev–Trinajstić information content (AvgIpc) is 1.53. The lowest BCUT2D eigenvalue weighted by Crippen LogP contribution is -2.57. The molecule has 2 fully saturated rings. The fraction of sp³-hybridized carbons (Fsp3) is 0.478. The summed E-state index contributed by atoms with van der Waals surface area (Å²) in [6.07, 6.45) is 3.94. The predicted molar refractivity (Wildman–Crippen MR) is 335 cm³/mol. The lowest BCUT2D eigenvalue weighted by molar-refractivity contribution is -0.165. The van der Waals surface area contributed by atoms with Crippen molar-refractivity contribution in [2.24, 2.45) is 11.3 Å². The first-order valence-corrected chi connectivity index (χ1v) is 30.9. The Hall–Kier alpha value is -8.88. The molecule has 0 radical (unpaired) electrons. The summed E-state index contributed by atoms with van der Waals surface area (Å²) in [6, 6.07) is 22.6. The number of benzene rings is 4. The second-order valence-corrected chi connectivity index (χ2v) is 24.5. The van der Waals surface area contributed by atoms with Gasteiger partial charge in [-0.05, 0) is 136 Å². The van der Waals surface area contributed by atoms with E-state index in [0.29, 0.717) is 59.6 Å². The van der Waals surface area contributed by atoms with Gasteiger partial charge in [0.1, 0.15) is 48.4 Å². The van der Waals surface area contributed by atoms with Crippen molar-refractivity contribution in [3.63, 3.8) is 0 Å². The van der Waals surface area contributed by atoms with Gasteiger partial charge in [-0.2, -0.15) is 0 Å². The lowest BCUT2D eigenvalue weighted by atomic mass is 9.87. The Labute approximate surface area is 526 Å². The molecule has 4 aromatic carbocycles. The molecule has 2 saturated heterocycles. The van der Waals surface area contributed by atoms with Crippen LogP contribution < -0.4 is 20.1 Å². The van der Waals surface area contributed by atoms with Gasteiger partial charge in [0.25, 0.3) is 5.91 Å². The molecular weight excluding hydrogens is 1150 g/mol. The number of hydrogen-bond acceptors (Lipinski definition) is 15. The van der Waals surface area contributed by atoms with Crippen LogP contribution in [0.25, 0.3) is 0 Å². The van der Waals surface area contributed by atoms with E-state index in [1.54, 1.807) is 79.8 Å². The van der Waals surface area contributed by atoms with Crippen LogP contribution in [0.3, 0.4) is 0 Å². The number of fused-ring (bicyclic) bond motifs is 4. The van der Waals surface area contributed by atoms with Crippen molar-refractivity contribution in [1.82, 2.24) is 24.9 Å². The summed E-state index contributed by atoms with van der Waals surface area (Å²) in [7, 11) is 6.16. The molecule has 0 spiro atoms. The number of piperidine rings is 1. The number of carbonyl (C=O) groups is 10. The Morgan fingerprint density at radius 1 is 0.711 bits per heavy atom. The van der Waals surface area contributed by atoms with Gasteiger partial charge in [0, 0.05) is 71.2 Å². The molecule has 3 heterocycles. The number of aryl methyl sites for hydroxylation is 1. The van der Waals surface area contributed by atoms with Crippen LogP contribution in [-0.2, 0) is 70.3 Å². The maximum absolute atomic E-state index is 15.0. The zero-order valence-corrected chi connectivity index (χ0v) is 52.9. The molecule has 2 bridgehead atoms. The van der Waals surface area contributed by atoms with Gasteiger partial charge in [-0.3, -0.25) is 38.4 Å². The number of aromatic hydroxyl groups is 1. The quantitative estimate of drug-likeness (QED) is 0.102. The monoisotopic (exact) mass is 1240 g/mol. The van der Waals surface area contributed by atoms with Gasteiger partial charge in [0.05, 0.1) is 25.6 Å². The normalized spacial score (nSPS) is 22.9. The number of cyclic esters (lactones) is 2. The smallest absolute Gasteiger partial charge is 0.330 e. The van der Waals surface area contributed by atoms with E-state index in [-0.39, 0.29) is 95.0 Å². The molecule has 482 valence electrons. The van der Waals surface area contributed by atoms with Crippen LogP contribution >= 0.6 is 0 Å². The number of esters is 2. The van der Waals surface area contributed by atoms with E-state index in [1.807, 2.05) is 26.0 Å². The third-order valence-electron chi connectivity index (χ3n) is 16.8. The Bertz CT molecular complexity index is 3260. The second kappa shape index (κ2) is 32.0. The first kappa shape index (κ1) is 68.6. The number of phenols is 1. The van der Waals surface area contributed by atoms with E-state index in [2.05, 4.69) is 10.6 Å². The van der Waals surface area contributed by atoms with Gasteiger partial charge in [-0.1, -0.05) is 80.6 Å². The number of hydrogen-bond donors (Lipinski definition) is 3. The Balaban J connectivity index is 1.19. The third-order valence-corrected chi connectivity index (χ3v) is 16.8. The molecule has 21 nitrogen and oxygen atoms in total.